The molecule has 1 saturated heterocycles. The zero-order valence-corrected chi connectivity index (χ0v) is 14.4. The number of halogens is 2. The molecule has 1 aliphatic heterocycles. The van der Waals surface area contributed by atoms with Gasteiger partial charge in [-0.15, -0.1) is 0 Å². The highest BCUT2D eigenvalue weighted by atomic mass is 35.5. The molecule has 2 amide bonds. The number of likely N-dealkylation sites (tertiary alicyclic amines) is 1. The van der Waals surface area contributed by atoms with Gasteiger partial charge in [-0.05, 0) is 29.8 Å². The maximum Gasteiger partial charge on any atom is 0.261 e. The summed E-state index contributed by atoms with van der Waals surface area (Å²) in [6, 6.07) is 16.4. The van der Waals surface area contributed by atoms with Gasteiger partial charge in [0.2, 0.25) is 5.91 Å². The third-order valence-electron chi connectivity index (χ3n) is 3.52. The highest BCUT2D eigenvalue weighted by Crippen LogP contribution is 2.45. The Labute approximate surface area is 148 Å². The lowest BCUT2D eigenvalue weighted by molar-refractivity contribution is -0.139. The Kier molecular flexibility index (Phi) is 4.67. The molecular weight excluding hydrogens is 353 g/mol. The first kappa shape index (κ1) is 16.4. The Hall–Kier alpha value is -1.49. The van der Waals surface area contributed by atoms with Crippen molar-refractivity contribution < 1.29 is 9.59 Å². The summed E-state index contributed by atoms with van der Waals surface area (Å²) in [4.78, 5) is 26.9. The summed E-state index contributed by atoms with van der Waals surface area (Å²) in [6.45, 7) is 0.244. The van der Waals surface area contributed by atoms with E-state index in [1.165, 1.54) is 16.7 Å². The number of hydrogen-bond donors (Lipinski definition) is 0. The molecule has 3 nitrogen and oxygen atoms in total. The number of carbonyl (C=O) groups excluding carboxylic acids is 2. The summed E-state index contributed by atoms with van der Waals surface area (Å²) in [6.07, 6.45) is -0.0203. The zero-order chi connectivity index (χ0) is 16.4. The smallest absolute Gasteiger partial charge is 0.261 e. The van der Waals surface area contributed by atoms with Gasteiger partial charge in [0.25, 0.3) is 5.91 Å². The van der Waals surface area contributed by atoms with E-state index in [0.717, 1.165) is 10.5 Å². The van der Waals surface area contributed by atoms with Crippen molar-refractivity contribution in [2.45, 2.75) is 22.1 Å². The van der Waals surface area contributed by atoms with Crippen LogP contribution >= 0.6 is 35.0 Å². The monoisotopic (exact) mass is 365 g/mol. The molecule has 1 heterocycles. The van der Waals surface area contributed by atoms with Crippen LogP contribution in [0.5, 0.6) is 0 Å². The van der Waals surface area contributed by atoms with Crippen molar-refractivity contribution in [3.8, 4) is 0 Å². The van der Waals surface area contributed by atoms with E-state index in [1.807, 2.05) is 30.3 Å². The number of hydrogen-bond acceptors (Lipinski definition) is 3. The first-order valence-electron chi connectivity index (χ1n) is 7.00. The number of thioether (sulfide) groups is 1. The fraction of sp³-hybridized carbons (Fsp3) is 0.176. The van der Waals surface area contributed by atoms with Gasteiger partial charge in [-0.1, -0.05) is 65.3 Å². The molecule has 2 aromatic carbocycles. The summed E-state index contributed by atoms with van der Waals surface area (Å²) in [5.74, 6) is -0.622. The second-order valence-corrected chi connectivity index (χ2v) is 7.91. The van der Waals surface area contributed by atoms with Gasteiger partial charge in [-0.2, -0.15) is 0 Å². The summed E-state index contributed by atoms with van der Waals surface area (Å²) in [5.41, 5.74) is 0.895. The molecule has 0 bridgehead atoms. The van der Waals surface area contributed by atoms with Gasteiger partial charge in [0, 0.05) is 9.92 Å². The average molecular weight is 366 g/mol. The van der Waals surface area contributed by atoms with Crippen LogP contribution < -0.4 is 0 Å². The summed E-state index contributed by atoms with van der Waals surface area (Å²) >= 11 is 13.5. The van der Waals surface area contributed by atoms with Gasteiger partial charge in [-0.25, -0.2) is 0 Å². The lowest BCUT2D eigenvalue weighted by Gasteiger charge is -2.19. The molecule has 1 atom stereocenters. The molecule has 0 saturated carbocycles. The van der Waals surface area contributed by atoms with E-state index in [4.69, 9.17) is 23.2 Å². The van der Waals surface area contributed by atoms with E-state index >= 15 is 0 Å². The molecule has 3 rings (SSSR count). The van der Waals surface area contributed by atoms with Crippen LogP contribution in [0.25, 0.3) is 0 Å². The van der Waals surface area contributed by atoms with Crippen molar-refractivity contribution in [2.75, 3.05) is 0 Å². The van der Waals surface area contributed by atoms with Crippen molar-refractivity contribution in [1.29, 1.82) is 0 Å². The maximum absolute atomic E-state index is 12.6. The number of alkyl halides is 1. The molecule has 23 heavy (non-hydrogen) atoms. The van der Waals surface area contributed by atoms with Crippen molar-refractivity contribution in [1.82, 2.24) is 4.90 Å². The number of rotatable bonds is 4. The zero-order valence-electron chi connectivity index (χ0n) is 12.0. The minimum Gasteiger partial charge on any atom is -0.276 e. The molecule has 0 radical (unpaired) electrons. The van der Waals surface area contributed by atoms with Gasteiger partial charge in [0.15, 0.2) is 4.21 Å². The van der Waals surface area contributed by atoms with Crippen LogP contribution in [0.4, 0.5) is 0 Å². The lowest BCUT2D eigenvalue weighted by atomic mass is 10.2. The highest BCUT2D eigenvalue weighted by molar-refractivity contribution is 8.02. The maximum atomic E-state index is 12.6. The van der Waals surface area contributed by atoms with Gasteiger partial charge in [-0.3, -0.25) is 14.5 Å². The fourth-order valence-electron chi connectivity index (χ4n) is 2.38. The lowest BCUT2D eigenvalue weighted by Crippen LogP contribution is -2.34. The van der Waals surface area contributed by atoms with E-state index in [1.54, 1.807) is 24.3 Å². The van der Waals surface area contributed by atoms with Crippen molar-refractivity contribution in [3.63, 3.8) is 0 Å². The Bertz CT molecular complexity index is 736. The van der Waals surface area contributed by atoms with Gasteiger partial charge in [0.1, 0.15) is 0 Å². The normalized spacial score (nSPS) is 21.0. The van der Waals surface area contributed by atoms with Gasteiger partial charge >= 0.3 is 0 Å². The number of imide groups is 1. The summed E-state index contributed by atoms with van der Waals surface area (Å²) in [5, 5.41) is 0.609. The molecule has 2 aromatic rings. The molecule has 0 aliphatic carbocycles. The topological polar surface area (TPSA) is 37.4 Å². The molecule has 118 valence electrons. The van der Waals surface area contributed by atoms with E-state index in [0.29, 0.717) is 5.02 Å². The summed E-state index contributed by atoms with van der Waals surface area (Å²) < 4.78 is -1.29. The van der Waals surface area contributed by atoms with Crippen LogP contribution in [0.15, 0.2) is 59.5 Å². The largest absolute Gasteiger partial charge is 0.276 e. The first-order chi connectivity index (χ1) is 11.0. The van der Waals surface area contributed by atoms with E-state index in [9.17, 15) is 9.59 Å². The van der Waals surface area contributed by atoms with Crippen LogP contribution in [0.3, 0.4) is 0 Å². The first-order valence-corrected chi connectivity index (χ1v) is 8.57. The Morgan fingerprint density at radius 3 is 2.35 bits per heavy atom. The van der Waals surface area contributed by atoms with Crippen molar-refractivity contribution in [3.05, 3.63) is 65.2 Å². The van der Waals surface area contributed by atoms with Gasteiger partial charge in [0.05, 0.1) is 13.0 Å². The second-order valence-electron chi connectivity index (χ2n) is 5.23. The minimum atomic E-state index is -1.29. The highest BCUT2D eigenvalue weighted by Gasteiger charge is 2.51. The van der Waals surface area contributed by atoms with Crippen LogP contribution in [-0.4, -0.2) is 20.9 Å². The van der Waals surface area contributed by atoms with Crippen molar-refractivity contribution in [2.24, 2.45) is 0 Å². The van der Waals surface area contributed by atoms with Crippen LogP contribution in [-0.2, 0) is 16.1 Å². The predicted octanol–water partition coefficient (Wildman–Crippen LogP) is 4.33. The molecule has 1 unspecified atom stereocenters. The second kappa shape index (κ2) is 6.56. The molecule has 0 aromatic heterocycles. The number of nitrogens with zero attached hydrogens (tertiary/aromatic N) is 1. The SMILES string of the molecule is O=C1CC(Cl)(Sc2ccc(Cl)cc2)C(=O)N1Cc1ccccc1. The molecule has 6 heteroatoms. The molecular formula is C17H13Cl2NO2S. The van der Waals surface area contributed by atoms with Crippen LogP contribution in [0, 0.1) is 0 Å². The predicted molar refractivity (Wildman–Crippen MR) is 92.5 cm³/mol. The Morgan fingerprint density at radius 2 is 1.70 bits per heavy atom. The molecule has 1 aliphatic rings. The third kappa shape index (κ3) is 3.55. The quantitative estimate of drug-likeness (QED) is 0.597. The average Bonchev–Trinajstić information content (AvgIpc) is 2.74. The Balaban J connectivity index is 1.78. The number of amides is 2. The fourth-order valence-corrected chi connectivity index (χ4v) is 4.02. The van der Waals surface area contributed by atoms with Crippen molar-refractivity contribution >= 4 is 46.8 Å². The van der Waals surface area contributed by atoms with Gasteiger partial charge < -0.3 is 0 Å². The molecule has 0 N–H and O–H groups in total. The van der Waals surface area contributed by atoms with E-state index in [2.05, 4.69) is 0 Å². The molecule has 0 spiro atoms. The standard InChI is InChI=1S/C17H13Cl2NO2S/c18-13-6-8-14(9-7-13)23-17(19)10-15(21)20(16(17)22)11-12-4-2-1-3-5-12/h1-9H,10-11H2. The molecule has 1 fully saturated rings. The Morgan fingerprint density at radius 1 is 1.04 bits per heavy atom. The van der Waals surface area contributed by atoms with Crippen LogP contribution in [0.2, 0.25) is 5.02 Å². The van der Waals surface area contributed by atoms with E-state index in [-0.39, 0.29) is 24.8 Å². The number of carbonyl (C=O) groups is 2. The van der Waals surface area contributed by atoms with Crippen LogP contribution in [0.1, 0.15) is 12.0 Å². The minimum absolute atomic E-state index is 0.0203. The third-order valence-corrected chi connectivity index (χ3v) is 5.45. The summed E-state index contributed by atoms with van der Waals surface area (Å²) in [7, 11) is 0. The number of benzene rings is 2. The van der Waals surface area contributed by atoms with E-state index < -0.39 is 4.21 Å².